The van der Waals surface area contributed by atoms with E-state index in [2.05, 4.69) is 24.3 Å². The van der Waals surface area contributed by atoms with Crippen molar-refractivity contribution < 1.29 is 14.4 Å². The number of nitrogens with two attached hydrogens (primary N) is 1. The van der Waals surface area contributed by atoms with Crippen molar-refractivity contribution in [3.05, 3.63) is 60.2 Å². The van der Waals surface area contributed by atoms with Crippen molar-refractivity contribution in [1.29, 1.82) is 0 Å². The van der Waals surface area contributed by atoms with Gasteiger partial charge in [-0.3, -0.25) is 4.79 Å². The van der Waals surface area contributed by atoms with Crippen LogP contribution in [-0.4, -0.2) is 25.0 Å². The maximum atomic E-state index is 11.8. The Balaban J connectivity index is 1.71. The Morgan fingerprint density at radius 1 is 1.08 bits per heavy atom. The molecule has 0 aromatic heterocycles. The highest BCUT2D eigenvalue weighted by Gasteiger charge is 2.04. The molecule has 0 aliphatic heterocycles. The van der Waals surface area contributed by atoms with Gasteiger partial charge in [0.2, 0.25) is 0 Å². The molecule has 2 aromatic rings. The number of anilines is 1. The number of para-hydroxylation sites is 1. The van der Waals surface area contributed by atoms with Gasteiger partial charge in [0, 0.05) is 5.69 Å². The lowest BCUT2D eigenvalue weighted by molar-refractivity contribution is -0.120. The van der Waals surface area contributed by atoms with E-state index in [4.69, 9.17) is 15.3 Å². The predicted octanol–water partition coefficient (Wildman–Crippen LogP) is 3.12. The molecule has 0 aliphatic carbocycles. The lowest BCUT2D eigenvalue weighted by Crippen LogP contribution is -2.23. The van der Waals surface area contributed by atoms with Gasteiger partial charge in [-0.15, -0.1) is 0 Å². The Morgan fingerprint density at radius 3 is 2.40 bits per heavy atom. The number of amidine groups is 1. The number of ether oxygens (including phenoxy) is 1. The summed E-state index contributed by atoms with van der Waals surface area (Å²) in [5.41, 5.74) is 7.60. The Hall–Kier alpha value is -3.02. The number of nitrogens with one attached hydrogen (secondary N) is 1. The average molecular weight is 341 g/mol. The molecule has 2 aromatic carbocycles. The van der Waals surface area contributed by atoms with Crippen molar-refractivity contribution in [2.45, 2.75) is 19.8 Å². The highest BCUT2D eigenvalue weighted by Crippen LogP contribution is 2.17. The number of rotatable bonds is 8. The van der Waals surface area contributed by atoms with Crippen LogP contribution in [0.25, 0.3) is 0 Å². The van der Waals surface area contributed by atoms with E-state index in [0.717, 1.165) is 0 Å². The molecule has 0 bridgehead atoms. The van der Waals surface area contributed by atoms with Crippen LogP contribution in [0, 0.1) is 0 Å². The van der Waals surface area contributed by atoms with Crippen LogP contribution in [0.1, 0.15) is 25.3 Å². The number of carbonyl (C=O) groups is 1. The number of hydrogen-bond donors (Lipinski definition) is 2. The molecule has 25 heavy (non-hydrogen) atoms. The fourth-order valence-corrected chi connectivity index (χ4v) is 2.02. The average Bonchev–Trinajstić information content (AvgIpc) is 2.61. The Morgan fingerprint density at radius 2 is 1.76 bits per heavy atom. The Bertz CT molecular complexity index is 698. The van der Waals surface area contributed by atoms with Crippen LogP contribution in [0.15, 0.2) is 59.8 Å². The summed E-state index contributed by atoms with van der Waals surface area (Å²) in [6, 6.07) is 16.9. The molecular formula is C19H23N3O3. The molecule has 1 amide bonds. The minimum atomic E-state index is -0.308. The standard InChI is InChI=1S/C19H23N3O3/c1-14(2)15-8-10-16(11-9-15)21-19(23)13-25-22-18(20)12-24-17-6-4-3-5-7-17/h3-11,14H,12-13H2,1-2H3,(H2,20,22)(H,21,23). The van der Waals surface area contributed by atoms with E-state index in [9.17, 15) is 4.79 Å². The smallest absolute Gasteiger partial charge is 0.265 e. The minimum absolute atomic E-state index is 0.0856. The molecule has 2 rings (SSSR count). The first-order valence-corrected chi connectivity index (χ1v) is 8.06. The molecule has 0 saturated carbocycles. The van der Waals surface area contributed by atoms with E-state index in [1.54, 1.807) is 0 Å². The third-order valence-corrected chi connectivity index (χ3v) is 3.37. The van der Waals surface area contributed by atoms with Crippen molar-refractivity contribution >= 4 is 17.4 Å². The summed E-state index contributed by atoms with van der Waals surface area (Å²) in [5, 5.41) is 6.40. The maximum absolute atomic E-state index is 11.8. The van der Waals surface area contributed by atoms with Gasteiger partial charge in [0.1, 0.15) is 12.4 Å². The summed E-state index contributed by atoms with van der Waals surface area (Å²) in [6.45, 7) is 4.09. The Kier molecular flexibility index (Phi) is 6.83. The second kappa shape index (κ2) is 9.32. The van der Waals surface area contributed by atoms with Crippen molar-refractivity contribution in [3.63, 3.8) is 0 Å². The molecule has 0 aliphatic rings. The summed E-state index contributed by atoms with van der Waals surface area (Å²) >= 11 is 0. The molecule has 132 valence electrons. The molecule has 3 N–H and O–H groups in total. The zero-order valence-corrected chi connectivity index (χ0v) is 14.4. The molecule has 0 saturated heterocycles. The zero-order chi connectivity index (χ0) is 18.1. The second-order valence-electron chi connectivity index (χ2n) is 5.78. The quantitative estimate of drug-likeness (QED) is 0.439. The van der Waals surface area contributed by atoms with E-state index in [0.29, 0.717) is 17.4 Å². The molecular weight excluding hydrogens is 318 g/mol. The van der Waals surface area contributed by atoms with Crippen molar-refractivity contribution in [2.24, 2.45) is 10.9 Å². The van der Waals surface area contributed by atoms with Crippen LogP contribution in [0.3, 0.4) is 0 Å². The highest BCUT2D eigenvalue weighted by molar-refractivity contribution is 5.91. The van der Waals surface area contributed by atoms with Crippen molar-refractivity contribution in [2.75, 3.05) is 18.5 Å². The van der Waals surface area contributed by atoms with Crippen LogP contribution in [-0.2, 0) is 9.63 Å². The van der Waals surface area contributed by atoms with Crippen LogP contribution < -0.4 is 15.8 Å². The van der Waals surface area contributed by atoms with Crippen LogP contribution in [0.5, 0.6) is 5.75 Å². The van der Waals surface area contributed by atoms with Gasteiger partial charge < -0.3 is 20.6 Å². The van der Waals surface area contributed by atoms with E-state index in [-0.39, 0.29) is 25.0 Å². The fourth-order valence-electron chi connectivity index (χ4n) is 2.02. The lowest BCUT2D eigenvalue weighted by atomic mass is 10.0. The molecule has 0 atom stereocenters. The molecule has 0 spiro atoms. The molecule has 0 fully saturated rings. The first-order chi connectivity index (χ1) is 12.0. The van der Waals surface area contributed by atoms with Gasteiger partial charge in [-0.05, 0) is 35.7 Å². The summed E-state index contributed by atoms with van der Waals surface area (Å²) in [4.78, 5) is 16.8. The van der Waals surface area contributed by atoms with Crippen molar-refractivity contribution in [3.8, 4) is 5.75 Å². The number of nitrogens with zero attached hydrogens (tertiary/aromatic N) is 1. The van der Waals surface area contributed by atoms with Gasteiger partial charge in [-0.1, -0.05) is 49.3 Å². The second-order valence-corrected chi connectivity index (χ2v) is 5.78. The van der Waals surface area contributed by atoms with Gasteiger partial charge in [-0.2, -0.15) is 0 Å². The summed E-state index contributed by atoms with van der Waals surface area (Å²) < 4.78 is 5.42. The number of carbonyl (C=O) groups excluding carboxylic acids is 1. The SMILES string of the molecule is CC(C)c1ccc(NC(=O)CO/N=C(\N)COc2ccccc2)cc1. The topological polar surface area (TPSA) is 85.9 Å². The molecule has 0 heterocycles. The molecule has 6 heteroatoms. The summed E-state index contributed by atoms with van der Waals surface area (Å²) in [5.74, 6) is 0.975. The van der Waals surface area contributed by atoms with E-state index < -0.39 is 0 Å². The third kappa shape index (κ3) is 6.55. The molecule has 0 radical (unpaired) electrons. The first kappa shape index (κ1) is 18.3. The minimum Gasteiger partial charge on any atom is -0.486 e. The number of amides is 1. The summed E-state index contributed by atoms with van der Waals surface area (Å²) in [6.07, 6.45) is 0. The molecule has 6 nitrogen and oxygen atoms in total. The monoisotopic (exact) mass is 341 g/mol. The largest absolute Gasteiger partial charge is 0.486 e. The van der Waals surface area contributed by atoms with Crippen LogP contribution in [0.2, 0.25) is 0 Å². The van der Waals surface area contributed by atoms with E-state index >= 15 is 0 Å². The number of benzene rings is 2. The van der Waals surface area contributed by atoms with E-state index in [1.807, 2.05) is 54.6 Å². The predicted molar refractivity (Wildman–Crippen MR) is 98.7 cm³/mol. The fraction of sp³-hybridized carbons (Fsp3) is 0.263. The zero-order valence-electron chi connectivity index (χ0n) is 14.4. The maximum Gasteiger partial charge on any atom is 0.265 e. The third-order valence-electron chi connectivity index (χ3n) is 3.37. The Labute approximate surface area is 147 Å². The van der Waals surface area contributed by atoms with Crippen LogP contribution >= 0.6 is 0 Å². The van der Waals surface area contributed by atoms with Crippen molar-refractivity contribution in [1.82, 2.24) is 0 Å². The number of oxime groups is 1. The van der Waals surface area contributed by atoms with Gasteiger partial charge in [-0.25, -0.2) is 0 Å². The summed E-state index contributed by atoms with van der Waals surface area (Å²) in [7, 11) is 0. The highest BCUT2D eigenvalue weighted by atomic mass is 16.6. The van der Waals surface area contributed by atoms with Gasteiger partial charge in [0.25, 0.3) is 5.91 Å². The van der Waals surface area contributed by atoms with Crippen LogP contribution in [0.4, 0.5) is 5.69 Å². The lowest BCUT2D eigenvalue weighted by Gasteiger charge is -2.08. The number of hydrogen-bond acceptors (Lipinski definition) is 4. The van der Waals surface area contributed by atoms with E-state index in [1.165, 1.54) is 5.56 Å². The first-order valence-electron chi connectivity index (χ1n) is 8.06. The van der Waals surface area contributed by atoms with Gasteiger partial charge in [0.15, 0.2) is 12.4 Å². The van der Waals surface area contributed by atoms with Gasteiger partial charge in [0.05, 0.1) is 0 Å². The van der Waals surface area contributed by atoms with Gasteiger partial charge >= 0.3 is 0 Å². The molecule has 0 unspecified atom stereocenters. The normalized spacial score (nSPS) is 11.2.